The third-order valence-corrected chi connectivity index (χ3v) is 6.85. The van der Waals surface area contributed by atoms with Gasteiger partial charge in [-0.05, 0) is 56.2 Å². The van der Waals surface area contributed by atoms with Gasteiger partial charge < -0.3 is 9.26 Å². The number of fused-ring (bicyclic) bond motifs is 1. The first-order chi connectivity index (χ1) is 13.8. The number of aryl methyl sites for hydroxylation is 2. The normalized spacial score (nSPS) is 13.4. The maximum atomic E-state index is 13.2. The summed E-state index contributed by atoms with van der Waals surface area (Å²) < 4.78 is 38.7. The Morgan fingerprint density at radius 3 is 2.52 bits per heavy atom. The number of benzene rings is 2. The zero-order chi connectivity index (χ0) is 20.8. The molecule has 0 atom stereocenters. The number of anilines is 1. The van der Waals surface area contributed by atoms with Gasteiger partial charge >= 0.3 is 0 Å². The molecule has 0 fully saturated rings. The second kappa shape index (κ2) is 7.24. The molecular formula is C21H19ClN2O4S. The lowest BCUT2D eigenvalue weighted by molar-refractivity contribution is 0.393. The highest BCUT2D eigenvalue weighted by molar-refractivity contribution is 7.93. The summed E-state index contributed by atoms with van der Waals surface area (Å²) in [6.07, 6.45) is 3.99. The molecule has 3 aromatic rings. The summed E-state index contributed by atoms with van der Waals surface area (Å²) in [5, 5.41) is 4.50. The Hall–Kier alpha value is -2.77. The summed E-state index contributed by atoms with van der Waals surface area (Å²) in [5.74, 6) is 1.22. The van der Waals surface area contributed by atoms with Gasteiger partial charge in [-0.3, -0.25) is 0 Å². The molecule has 0 saturated heterocycles. The van der Waals surface area contributed by atoms with Gasteiger partial charge in [-0.25, -0.2) is 12.7 Å². The van der Waals surface area contributed by atoms with Crippen molar-refractivity contribution in [2.75, 3.05) is 11.4 Å². The molecule has 29 heavy (non-hydrogen) atoms. The van der Waals surface area contributed by atoms with Crippen LogP contribution >= 0.6 is 11.6 Å². The van der Waals surface area contributed by atoms with Gasteiger partial charge in [-0.1, -0.05) is 22.8 Å². The third-order valence-electron chi connectivity index (χ3n) is 4.89. The number of nitrogens with zero attached hydrogens (tertiary/aromatic N) is 2. The number of halogens is 1. The number of rotatable bonds is 4. The number of hydrogen-bond acceptors (Lipinski definition) is 5. The first-order valence-electron chi connectivity index (χ1n) is 8.93. The van der Waals surface area contributed by atoms with Crippen molar-refractivity contribution in [1.29, 1.82) is 0 Å². The summed E-state index contributed by atoms with van der Waals surface area (Å²) in [4.78, 5) is 0.160. The van der Waals surface area contributed by atoms with Gasteiger partial charge in [-0.2, -0.15) is 0 Å². The van der Waals surface area contributed by atoms with Crippen molar-refractivity contribution in [2.45, 2.75) is 25.2 Å². The minimum Gasteiger partial charge on any atom is -0.496 e. The zero-order valence-electron chi connectivity index (χ0n) is 16.1. The molecule has 8 heteroatoms. The molecule has 150 valence electrons. The van der Waals surface area contributed by atoms with Crippen molar-refractivity contribution in [3.8, 4) is 16.9 Å². The van der Waals surface area contributed by atoms with E-state index in [1.165, 1.54) is 16.4 Å². The van der Waals surface area contributed by atoms with Crippen LogP contribution in [0.3, 0.4) is 0 Å². The molecule has 0 unspecified atom stereocenters. The number of hydrogen-bond donors (Lipinski definition) is 0. The third kappa shape index (κ3) is 3.30. The molecule has 0 N–H and O–H groups in total. The van der Waals surface area contributed by atoms with E-state index < -0.39 is 10.0 Å². The van der Waals surface area contributed by atoms with E-state index in [-0.39, 0.29) is 4.90 Å². The van der Waals surface area contributed by atoms with Crippen LogP contribution in [0, 0.1) is 13.8 Å². The van der Waals surface area contributed by atoms with Crippen LogP contribution in [0.25, 0.3) is 11.1 Å². The highest BCUT2D eigenvalue weighted by atomic mass is 35.5. The van der Waals surface area contributed by atoms with Gasteiger partial charge in [-0.15, -0.1) is 0 Å². The summed E-state index contributed by atoms with van der Waals surface area (Å²) in [6.45, 7) is 3.70. The van der Waals surface area contributed by atoms with E-state index in [9.17, 15) is 8.42 Å². The fourth-order valence-electron chi connectivity index (χ4n) is 3.50. The quantitative estimate of drug-likeness (QED) is 0.589. The van der Waals surface area contributed by atoms with Crippen molar-refractivity contribution in [3.63, 3.8) is 0 Å². The van der Waals surface area contributed by atoms with E-state index in [2.05, 4.69) is 5.16 Å². The van der Waals surface area contributed by atoms with Crippen LogP contribution in [0.15, 0.2) is 58.1 Å². The van der Waals surface area contributed by atoms with E-state index in [0.717, 1.165) is 22.4 Å². The summed E-state index contributed by atoms with van der Waals surface area (Å²) in [5.41, 5.74) is 3.83. The second-order valence-electron chi connectivity index (χ2n) is 6.72. The Balaban J connectivity index is 1.87. The first-order valence-corrected chi connectivity index (χ1v) is 10.8. The maximum absolute atomic E-state index is 13.2. The Morgan fingerprint density at radius 2 is 1.90 bits per heavy atom. The Kier molecular flexibility index (Phi) is 4.88. The second-order valence-corrected chi connectivity index (χ2v) is 8.98. The average Bonchev–Trinajstić information content (AvgIpc) is 3.04. The Bertz CT molecular complexity index is 1190. The molecule has 0 saturated carbocycles. The number of allylic oxidation sites excluding steroid dienone is 1. The molecule has 1 aliphatic rings. The molecule has 1 aromatic heterocycles. The molecule has 0 bridgehead atoms. The van der Waals surface area contributed by atoms with Gasteiger partial charge in [0, 0.05) is 22.9 Å². The lowest BCUT2D eigenvalue weighted by Gasteiger charge is -2.27. The Morgan fingerprint density at radius 1 is 1.17 bits per heavy atom. The lowest BCUT2D eigenvalue weighted by atomic mass is 9.97. The minimum atomic E-state index is -3.80. The van der Waals surface area contributed by atoms with Crippen molar-refractivity contribution in [1.82, 2.24) is 5.16 Å². The number of methoxy groups -OCH3 is 1. The summed E-state index contributed by atoms with van der Waals surface area (Å²) >= 11 is 5.91. The molecule has 0 spiro atoms. The smallest absolute Gasteiger partial charge is 0.268 e. The lowest BCUT2D eigenvalue weighted by Crippen LogP contribution is -2.28. The predicted molar refractivity (Wildman–Crippen MR) is 112 cm³/mol. The number of ether oxygens (including phenoxy) is 1. The van der Waals surface area contributed by atoms with E-state index in [1.807, 2.05) is 26.0 Å². The Labute approximate surface area is 174 Å². The van der Waals surface area contributed by atoms with Gasteiger partial charge in [0.1, 0.15) is 11.5 Å². The van der Waals surface area contributed by atoms with Gasteiger partial charge in [0.05, 0.1) is 29.0 Å². The van der Waals surface area contributed by atoms with Crippen molar-refractivity contribution in [3.05, 3.63) is 70.7 Å². The summed E-state index contributed by atoms with van der Waals surface area (Å²) in [6, 6.07) is 9.79. The van der Waals surface area contributed by atoms with Crippen LogP contribution in [0.1, 0.15) is 17.0 Å². The standard InChI is InChI=1S/C21H19ClN2O4S/c1-13-21(14(2)28-23-13)18-11-15-5-4-10-24(19(15)12-20(18)27-3)29(25,26)17-8-6-16(22)7-9-17/h4,6-12H,5H2,1-3H3. The minimum absolute atomic E-state index is 0.160. The zero-order valence-corrected chi connectivity index (χ0v) is 17.7. The maximum Gasteiger partial charge on any atom is 0.268 e. The molecule has 1 aliphatic heterocycles. The van der Waals surface area contributed by atoms with Gasteiger partial charge in [0.2, 0.25) is 0 Å². The van der Waals surface area contributed by atoms with E-state index in [1.54, 1.807) is 31.5 Å². The highest BCUT2D eigenvalue weighted by Gasteiger charge is 2.29. The number of sulfonamides is 1. The van der Waals surface area contributed by atoms with Crippen LogP contribution in [0.5, 0.6) is 5.75 Å². The van der Waals surface area contributed by atoms with Crippen LogP contribution in [-0.4, -0.2) is 20.7 Å². The molecule has 0 amide bonds. The fraction of sp³-hybridized carbons (Fsp3) is 0.190. The van der Waals surface area contributed by atoms with E-state index >= 15 is 0 Å². The van der Waals surface area contributed by atoms with Crippen molar-refractivity contribution in [2.24, 2.45) is 0 Å². The number of aromatic nitrogens is 1. The molecule has 2 aromatic carbocycles. The van der Waals surface area contributed by atoms with E-state index in [4.69, 9.17) is 20.9 Å². The molecule has 2 heterocycles. The van der Waals surface area contributed by atoms with Gasteiger partial charge in [0.15, 0.2) is 0 Å². The molecule has 0 radical (unpaired) electrons. The molecule has 4 rings (SSSR count). The SMILES string of the molecule is COc1cc2c(cc1-c1c(C)noc1C)CC=CN2S(=O)(=O)c1ccc(Cl)cc1. The van der Waals surface area contributed by atoms with Crippen LogP contribution in [-0.2, 0) is 16.4 Å². The molecular weight excluding hydrogens is 412 g/mol. The van der Waals surface area contributed by atoms with Crippen molar-refractivity contribution >= 4 is 27.3 Å². The molecule has 0 aliphatic carbocycles. The monoisotopic (exact) mass is 430 g/mol. The van der Waals surface area contributed by atoms with Gasteiger partial charge in [0.25, 0.3) is 10.0 Å². The largest absolute Gasteiger partial charge is 0.496 e. The predicted octanol–water partition coefficient (Wildman–Crippen LogP) is 4.89. The van der Waals surface area contributed by atoms with E-state index in [0.29, 0.717) is 28.6 Å². The topological polar surface area (TPSA) is 72.6 Å². The fourth-order valence-corrected chi connectivity index (χ4v) is 5.01. The summed E-state index contributed by atoms with van der Waals surface area (Å²) in [7, 11) is -2.24. The molecule has 6 nitrogen and oxygen atoms in total. The highest BCUT2D eigenvalue weighted by Crippen LogP contribution is 2.42. The van der Waals surface area contributed by atoms with Crippen LogP contribution < -0.4 is 9.04 Å². The van der Waals surface area contributed by atoms with Crippen molar-refractivity contribution < 1.29 is 17.7 Å². The first kappa shape index (κ1) is 19.5. The van der Waals surface area contributed by atoms with Crippen LogP contribution in [0.4, 0.5) is 5.69 Å². The average molecular weight is 431 g/mol. The van der Waals surface area contributed by atoms with Crippen LogP contribution in [0.2, 0.25) is 5.02 Å².